The summed E-state index contributed by atoms with van der Waals surface area (Å²) < 4.78 is 21.7. The Hall–Kier alpha value is -9.39. The molecule has 0 radical (unpaired) electrons. The van der Waals surface area contributed by atoms with E-state index in [9.17, 15) is 52.7 Å². The third-order valence-electron chi connectivity index (χ3n) is 14.7. The molecule has 0 saturated carbocycles. The topological polar surface area (TPSA) is 552 Å². The van der Waals surface area contributed by atoms with E-state index in [0.29, 0.717) is 64.2 Å². The second-order valence-electron chi connectivity index (χ2n) is 28.8. The van der Waals surface area contributed by atoms with Crippen LogP contribution >= 0.6 is 0 Å². The van der Waals surface area contributed by atoms with Crippen molar-refractivity contribution in [3.8, 4) is 0 Å². The highest BCUT2D eigenvalue weighted by Gasteiger charge is 2.33. The van der Waals surface area contributed by atoms with Crippen LogP contribution in [0.25, 0.3) is 41.8 Å². The molecule has 0 aliphatic rings. The second-order valence-corrected chi connectivity index (χ2v) is 28.8. The number of hydrogen-bond donors (Lipinski definition) is 11. The van der Waals surface area contributed by atoms with Crippen molar-refractivity contribution in [2.75, 3.05) is 52.4 Å². The molecule has 0 saturated heterocycles. The zero-order valence-electron chi connectivity index (χ0n) is 63.5. The van der Waals surface area contributed by atoms with Gasteiger partial charge in [-0.15, -0.1) is 0 Å². The smallest absolute Gasteiger partial charge is 0.408 e. The van der Waals surface area contributed by atoms with Gasteiger partial charge in [0.25, 0.3) is 0 Å². The molecule has 0 aromatic rings. The van der Waals surface area contributed by atoms with E-state index in [1.54, 1.807) is 83.1 Å². The molecule has 0 rings (SSSR count). The maximum atomic E-state index is 14.7. The van der Waals surface area contributed by atoms with E-state index in [0.717, 1.165) is 6.42 Å². The highest BCUT2D eigenvalue weighted by Crippen LogP contribution is 2.16. The normalized spacial score (nSPS) is 13.2. The van der Waals surface area contributed by atoms with Gasteiger partial charge in [-0.3, -0.25) is 33.6 Å². The third-order valence-corrected chi connectivity index (χ3v) is 14.7. The zero-order chi connectivity index (χ0) is 78.6. The quantitative estimate of drug-likeness (QED) is 0.00887. The number of ether oxygens (including phenoxy) is 4. The van der Waals surface area contributed by atoms with Gasteiger partial charge in [-0.2, -0.15) is 0 Å². The maximum Gasteiger partial charge on any atom is 0.408 e. The van der Waals surface area contributed by atoms with Gasteiger partial charge in [0.2, 0.25) is 41.4 Å². The van der Waals surface area contributed by atoms with Crippen molar-refractivity contribution in [2.24, 2.45) is 20.5 Å². The number of nitrogens with one attached hydrogen (secondary N) is 11. The molecule has 0 aromatic carbocycles. The first-order valence-corrected chi connectivity index (χ1v) is 36.0. The van der Waals surface area contributed by atoms with Crippen LogP contribution in [0.4, 0.5) is 19.2 Å². The lowest BCUT2D eigenvalue weighted by atomic mass is 10.0. The third kappa shape index (κ3) is 50.9. The highest BCUT2D eigenvalue weighted by atomic mass is 16.6. The molecule has 0 aliphatic carbocycles. The van der Waals surface area contributed by atoms with Crippen molar-refractivity contribution in [2.45, 2.75) is 302 Å². The molecule has 0 spiro atoms. The summed E-state index contributed by atoms with van der Waals surface area (Å²) in [5.41, 5.74) is 31.4. The lowest BCUT2D eigenvalue weighted by Gasteiger charge is -2.27. The molecule has 11 N–H and O–H groups in total. The fraction of sp³-hybridized carbons (Fsp3) is 0.833. The largest absolute Gasteiger partial charge is 0.444 e. The highest BCUT2D eigenvalue weighted by molar-refractivity contribution is 5.94. The van der Waals surface area contributed by atoms with Crippen LogP contribution in [0, 0.1) is 0 Å². The standard InChI is InChI=1S/C66H119N23O15/c1-14-15-37-71-52(90)45(79-56(94)49(81-58(96)51(36-22-29-44-78-89-70)85-62(100)104-66(11,12)13)34-18-25-40-74-55(93)48(33-20-27-42-76-87-68)83-60(98)102-64(5,6)7)30-16-23-38-72-53(91)46(80-57(95)50(35-21-28-43-77-88-69)84-61(99)103-65(8,9)10)31-17-24-39-73-54(92)47(32-19-26-41-75-86-67)82-59(97)101-63(2,3)4/h45-51H,14-44H2,1-13H3,(H,71,90)(H,72,91)(H,73,92)(H,74,93)(H,79,94)(H,80,95)(H,81,96)(H,82,97)(H,83,98)(H,84,99)(H,85,100)/t45-,46+,47-,48-,49+,50+,51+/m1/s1. The van der Waals surface area contributed by atoms with Crippen LogP contribution in [0.5, 0.6) is 0 Å². The minimum atomic E-state index is -1.34. The van der Waals surface area contributed by atoms with E-state index in [1.165, 1.54) is 0 Å². The van der Waals surface area contributed by atoms with E-state index >= 15 is 0 Å². The molecule has 0 aliphatic heterocycles. The Kier molecular flexibility index (Phi) is 48.6. The van der Waals surface area contributed by atoms with Gasteiger partial charge in [0.1, 0.15) is 64.7 Å². The summed E-state index contributed by atoms with van der Waals surface area (Å²) in [5.74, 6) is -4.45. The molecule has 11 amide bonds. The minimum Gasteiger partial charge on any atom is -0.444 e. The SMILES string of the molecule is CCCCNC(=O)[C@@H](CCCCNC(=O)[C@H](CCCCNC(=O)[C@@H](CCCCN=[N+]=[N-])NC(=O)OC(C)(C)C)NC(=O)[C@H](CCCCN=[N+]=[N-])NC(=O)OC(C)(C)C)NC(=O)[C@H](CCCCNC(=O)[C@@H](CCCCN=[N+]=[N-])NC(=O)OC(C)(C)C)NC(=O)[C@H](CCCCN=[N+]=[N-])NC(=O)OC(C)(C)C. The van der Waals surface area contributed by atoms with E-state index in [2.05, 4.69) is 98.6 Å². The fourth-order valence-electron chi connectivity index (χ4n) is 9.74. The summed E-state index contributed by atoms with van der Waals surface area (Å²) in [6.45, 7) is 22.8. The molecule has 7 atom stereocenters. The Labute approximate surface area is 610 Å². The molecule has 0 aromatic heterocycles. The van der Waals surface area contributed by atoms with Crippen LogP contribution < -0.4 is 58.5 Å². The molecule has 104 heavy (non-hydrogen) atoms. The average molecular weight is 1470 g/mol. The van der Waals surface area contributed by atoms with E-state index in [-0.39, 0.29) is 129 Å². The molecule has 38 heteroatoms. The van der Waals surface area contributed by atoms with Gasteiger partial charge in [0.05, 0.1) is 0 Å². The van der Waals surface area contributed by atoms with Crippen molar-refractivity contribution < 1.29 is 71.7 Å². The minimum absolute atomic E-state index is 0.00658. The van der Waals surface area contributed by atoms with Gasteiger partial charge in [-0.25, -0.2) is 19.2 Å². The number of amides is 11. The van der Waals surface area contributed by atoms with Gasteiger partial charge >= 0.3 is 24.4 Å². The summed E-state index contributed by atoms with van der Waals surface area (Å²) >= 11 is 0. The van der Waals surface area contributed by atoms with Crippen LogP contribution in [0.3, 0.4) is 0 Å². The number of unbranched alkanes of at least 4 members (excludes halogenated alkanes) is 8. The Morgan fingerprint density at radius 2 is 0.462 bits per heavy atom. The second kappa shape index (κ2) is 53.4. The fourth-order valence-corrected chi connectivity index (χ4v) is 9.74. The Bertz CT molecular complexity index is 2870. The first-order valence-electron chi connectivity index (χ1n) is 36.0. The number of azide groups is 4. The zero-order valence-corrected chi connectivity index (χ0v) is 63.5. The van der Waals surface area contributed by atoms with Gasteiger partial charge in [0, 0.05) is 72.0 Å². The van der Waals surface area contributed by atoms with E-state index < -0.39 is 130 Å². The summed E-state index contributed by atoms with van der Waals surface area (Å²) in [6.07, 6.45) is 2.99. The van der Waals surface area contributed by atoms with Crippen molar-refractivity contribution in [1.29, 1.82) is 0 Å². The van der Waals surface area contributed by atoms with Crippen LogP contribution in [-0.4, -0.2) is 183 Å². The lowest BCUT2D eigenvalue weighted by molar-refractivity contribution is -0.133. The van der Waals surface area contributed by atoms with Gasteiger partial charge in [-0.05, 0) is 221 Å². The van der Waals surface area contributed by atoms with Crippen LogP contribution in [-0.2, 0) is 52.5 Å². The number of rotatable bonds is 52. The van der Waals surface area contributed by atoms with Crippen LogP contribution in [0.15, 0.2) is 20.5 Å². The van der Waals surface area contributed by atoms with E-state index in [4.69, 9.17) is 41.1 Å². The predicted octanol–water partition coefficient (Wildman–Crippen LogP) is 9.71. The van der Waals surface area contributed by atoms with Crippen molar-refractivity contribution in [1.82, 2.24) is 58.5 Å². The van der Waals surface area contributed by atoms with Gasteiger partial charge < -0.3 is 77.4 Å². The van der Waals surface area contributed by atoms with Crippen molar-refractivity contribution >= 4 is 65.7 Å². The summed E-state index contributed by atoms with van der Waals surface area (Å²) in [6, 6.07) is -8.20. The molecular formula is C66H119N23O15. The van der Waals surface area contributed by atoms with Gasteiger partial charge in [0.15, 0.2) is 0 Å². The first kappa shape index (κ1) is 94.6. The number of hydrogen-bond acceptors (Lipinski definition) is 19. The number of carbonyl (C=O) groups excluding carboxylic acids is 11. The number of carbonyl (C=O) groups is 11. The molecule has 0 heterocycles. The lowest BCUT2D eigenvalue weighted by Crippen LogP contribution is -2.57. The molecule has 0 fully saturated rings. The summed E-state index contributed by atoms with van der Waals surface area (Å²) in [7, 11) is 0. The average Bonchev–Trinajstić information content (AvgIpc) is 0.878. The number of nitrogens with zero attached hydrogens (tertiary/aromatic N) is 12. The maximum absolute atomic E-state index is 14.7. The summed E-state index contributed by atoms with van der Waals surface area (Å²) in [5, 5.41) is 44.2. The summed E-state index contributed by atoms with van der Waals surface area (Å²) in [4.78, 5) is 161. The van der Waals surface area contributed by atoms with Gasteiger partial charge in [-0.1, -0.05) is 59.5 Å². The molecular weight excluding hydrogens is 1350 g/mol. The monoisotopic (exact) mass is 1470 g/mol. The molecule has 588 valence electrons. The predicted molar refractivity (Wildman–Crippen MR) is 388 cm³/mol. The molecule has 0 bridgehead atoms. The van der Waals surface area contributed by atoms with Crippen LogP contribution in [0.2, 0.25) is 0 Å². The first-order chi connectivity index (χ1) is 49.0. The van der Waals surface area contributed by atoms with Crippen LogP contribution in [0.1, 0.15) is 238 Å². The van der Waals surface area contributed by atoms with Crippen molar-refractivity contribution in [3.05, 3.63) is 41.8 Å². The van der Waals surface area contributed by atoms with E-state index in [1.807, 2.05) is 6.92 Å². The van der Waals surface area contributed by atoms with Crippen molar-refractivity contribution in [3.63, 3.8) is 0 Å². The Balaban J connectivity index is 7.05. The Morgan fingerprint density at radius 3 is 0.663 bits per heavy atom. The Morgan fingerprint density at radius 1 is 0.279 bits per heavy atom. The number of alkyl carbamates (subject to hydrolysis) is 4. The molecule has 38 nitrogen and oxygen atoms in total. The molecule has 0 unspecified atom stereocenters.